The Kier molecular flexibility index (Phi) is 4.97. The molecule has 0 unspecified atom stereocenters. The lowest BCUT2D eigenvalue weighted by Gasteiger charge is -2.10. The van der Waals surface area contributed by atoms with E-state index >= 15 is 0 Å². The summed E-state index contributed by atoms with van der Waals surface area (Å²) in [5.74, 6) is -0.0353. The molecule has 6 nitrogen and oxygen atoms in total. The highest BCUT2D eigenvalue weighted by Gasteiger charge is 2.15. The Morgan fingerprint density at radius 1 is 1.38 bits per heavy atom. The molecule has 7 heteroatoms. The summed E-state index contributed by atoms with van der Waals surface area (Å²) < 4.78 is 33.1. The maximum absolute atomic E-state index is 11.8. The summed E-state index contributed by atoms with van der Waals surface area (Å²) in [5.41, 5.74) is 1.94. The van der Waals surface area contributed by atoms with Gasteiger partial charge in [-0.1, -0.05) is 18.2 Å². The van der Waals surface area contributed by atoms with Gasteiger partial charge in [-0.3, -0.25) is 4.68 Å². The number of aryl methyl sites for hydroxylation is 1. The van der Waals surface area contributed by atoms with Crippen LogP contribution in [0.4, 0.5) is 0 Å². The number of fused-ring (bicyclic) bond motifs is 1. The van der Waals surface area contributed by atoms with E-state index in [0.29, 0.717) is 13.0 Å². The number of nitrogens with one attached hydrogen (secondary N) is 1. The number of ether oxygens (including phenoxy) is 1. The van der Waals surface area contributed by atoms with Crippen molar-refractivity contribution >= 4 is 20.9 Å². The van der Waals surface area contributed by atoms with Crippen molar-refractivity contribution in [1.29, 1.82) is 0 Å². The molecule has 0 fully saturated rings. The number of benzene rings is 1. The third-order valence-corrected chi connectivity index (χ3v) is 4.93. The summed E-state index contributed by atoms with van der Waals surface area (Å²) in [5, 5.41) is 5.50. The summed E-state index contributed by atoms with van der Waals surface area (Å²) in [6.45, 7) is 2.06. The smallest absolute Gasteiger partial charge is 0.214 e. The van der Waals surface area contributed by atoms with E-state index in [9.17, 15) is 8.42 Å². The molecule has 0 amide bonds. The summed E-state index contributed by atoms with van der Waals surface area (Å²) in [7, 11) is 0.0663. The van der Waals surface area contributed by atoms with Gasteiger partial charge >= 0.3 is 0 Å². The van der Waals surface area contributed by atoms with Crippen molar-refractivity contribution in [2.45, 2.75) is 19.4 Å². The van der Waals surface area contributed by atoms with Crippen LogP contribution in [-0.4, -0.2) is 43.7 Å². The maximum Gasteiger partial charge on any atom is 0.214 e. The number of aromatic nitrogens is 2. The fourth-order valence-electron chi connectivity index (χ4n) is 2.23. The molecule has 0 spiro atoms. The Hall–Kier alpha value is -1.44. The van der Waals surface area contributed by atoms with Crippen molar-refractivity contribution in [1.82, 2.24) is 14.5 Å². The van der Waals surface area contributed by atoms with Crippen LogP contribution in [0.25, 0.3) is 10.9 Å². The standard InChI is InChI=1S/C14H21N3O3S/c1-11(20-3)10-21(18,19)15-9-8-13-12-6-4-5-7-14(12)17(2)16-13/h4-7,11,15H,8-10H2,1-3H3/t11-/m0/s1. The quantitative estimate of drug-likeness (QED) is 0.830. The first-order chi connectivity index (χ1) is 9.93. The van der Waals surface area contributed by atoms with E-state index in [4.69, 9.17) is 4.74 Å². The van der Waals surface area contributed by atoms with Crippen LogP contribution in [0.2, 0.25) is 0 Å². The van der Waals surface area contributed by atoms with Crippen molar-refractivity contribution in [2.24, 2.45) is 7.05 Å². The van der Waals surface area contributed by atoms with Crippen LogP contribution >= 0.6 is 0 Å². The molecular weight excluding hydrogens is 290 g/mol. The van der Waals surface area contributed by atoms with Crippen LogP contribution in [0.5, 0.6) is 0 Å². The number of hydrogen-bond donors (Lipinski definition) is 1. The largest absolute Gasteiger partial charge is 0.381 e. The second kappa shape index (κ2) is 6.55. The fraction of sp³-hybridized carbons (Fsp3) is 0.500. The van der Waals surface area contributed by atoms with Gasteiger partial charge in [0.2, 0.25) is 10.0 Å². The van der Waals surface area contributed by atoms with Gasteiger partial charge in [0.25, 0.3) is 0 Å². The zero-order valence-electron chi connectivity index (χ0n) is 12.5. The number of sulfonamides is 1. The topological polar surface area (TPSA) is 73.2 Å². The Bertz CT molecular complexity index is 709. The molecule has 0 aliphatic rings. The van der Waals surface area contributed by atoms with Crippen LogP contribution in [0.1, 0.15) is 12.6 Å². The Morgan fingerprint density at radius 3 is 2.81 bits per heavy atom. The Morgan fingerprint density at radius 2 is 2.10 bits per heavy atom. The van der Waals surface area contributed by atoms with Crippen molar-refractivity contribution in [3.05, 3.63) is 30.0 Å². The highest BCUT2D eigenvalue weighted by atomic mass is 32.2. The van der Waals surface area contributed by atoms with E-state index in [-0.39, 0.29) is 11.9 Å². The lowest BCUT2D eigenvalue weighted by Crippen LogP contribution is -2.33. The minimum absolute atomic E-state index is 0.0353. The van der Waals surface area contributed by atoms with E-state index in [2.05, 4.69) is 9.82 Å². The minimum atomic E-state index is -3.32. The van der Waals surface area contributed by atoms with E-state index in [1.807, 2.05) is 36.0 Å². The molecule has 1 N–H and O–H groups in total. The maximum atomic E-state index is 11.8. The lowest BCUT2D eigenvalue weighted by atomic mass is 10.2. The van der Waals surface area contributed by atoms with Gasteiger partial charge in [0.1, 0.15) is 0 Å². The molecule has 1 aromatic heterocycles. The normalized spacial score (nSPS) is 13.7. The van der Waals surface area contributed by atoms with Crippen LogP contribution < -0.4 is 4.72 Å². The third kappa shape index (κ3) is 4.03. The summed E-state index contributed by atoms with van der Waals surface area (Å²) in [4.78, 5) is 0. The zero-order chi connectivity index (χ0) is 15.5. The SMILES string of the molecule is CO[C@@H](C)CS(=O)(=O)NCCc1nn(C)c2ccccc12. The highest BCUT2D eigenvalue weighted by Crippen LogP contribution is 2.17. The molecule has 2 rings (SSSR count). The van der Waals surface area contributed by atoms with E-state index in [0.717, 1.165) is 16.6 Å². The first-order valence-electron chi connectivity index (χ1n) is 6.83. The fourth-order valence-corrected chi connectivity index (χ4v) is 3.52. The predicted octanol–water partition coefficient (Wildman–Crippen LogP) is 1.07. The van der Waals surface area contributed by atoms with E-state index < -0.39 is 10.0 Å². The average molecular weight is 311 g/mol. The van der Waals surface area contributed by atoms with Gasteiger partial charge in [0, 0.05) is 32.5 Å². The van der Waals surface area contributed by atoms with E-state index in [1.165, 1.54) is 7.11 Å². The van der Waals surface area contributed by atoms with Gasteiger partial charge in [-0.2, -0.15) is 5.10 Å². The molecule has 0 radical (unpaired) electrons. The second-order valence-corrected chi connectivity index (χ2v) is 6.91. The number of rotatable bonds is 7. The van der Waals surface area contributed by atoms with Crippen molar-refractivity contribution in [3.63, 3.8) is 0 Å². The monoisotopic (exact) mass is 311 g/mol. The first kappa shape index (κ1) is 15.9. The van der Waals surface area contributed by atoms with Crippen LogP contribution in [0.15, 0.2) is 24.3 Å². The minimum Gasteiger partial charge on any atom is -0.381 e. The highest BCUT2D eigenvalue weighted by molar-refractivity contribution is 7.89. The molecule has 1 heterocycles. The number of para-hydroxylation sites is 1. The van der Waals surface area contributed by atoms with Gasteiger partial charge in [0.15, 0.2) is 0 Å². The molecule has 21 heavy (non-hydrogen) atoms. The number of methoxy groups -OCH3 is 1. The molecule has 0 saturated carbocycles. The first-order valence-corrected chi connectivity index (χ1v) is 8.49. The van der Waals surface area contributed by atoms with Crippen molar-refractivity contribution < 1.29 is 13.2 Å². The second-order valence-electron chi connectivity index (χ2n) is 5.06. The molecule has 1 aromatic carbocycles. The van der Waals surface area contributed by atoms with Crippen molar-refractivity contribution in [2.75, 3.05) is 19.4 Å². The summed E-state index contributed by atoms with van der Waals surface area (Å²) in [6.07, 6.45) is 0.236. The number of hydrogen-bond acceptors (Lipinski definition) is 4. The van der Waals surface area contributed by atoms with Crippen LogP contribution in [0.3, 0.4) is 0 Å². The molecule has 1 atom stereocenters. The molecule has 0 aliphatic heterocycles. The average Bonchev–Trinajstić information content (AvgIpc) is 2.75. The van der Waals surface area contributed by atoms with Crippen LogP contribution in [-0.2, 0) is 28.2 Å². The van der Waals surface area contributed by atoms with Gasteiger partial charge in [-0.05, 0) is 13.0 Å². The summed E-state index contributed by atoms with van der Waals surface area (Å²) in [6, 6.07) is 7.91. The third-order valence-electron chi connectivity index (χ3n) is 3.37. The zero-order valence-corrected chi connectivity index (χ0v) is 13.4. The molecular formula is C14H21N3O3S. The van der Waals surface area contributed by atoms with Gasteiger partial charge in [-0.25, -0.2) is 13.1 Å². The molecule has 0 aliphatic carbocycles. The Balaban J connectivity index is 2.00. The van der Waals surface area contributed by atoms with E-state index in [1.54, 1.807) is 6.92 Å². The number of nitrogens with zero attached hydrogens (tertiary/aromatic N) is 2. The van der Waals surface area contributed by atoms with Crippen LogP contribution in [0, 0.1) is 0 Å². The molecule has 116 valence electrons. The molecule has 0 saturated heterocycles. The predicted molar refractivity (Wildman–Crippen MR) is 82.7 cm³/mol. The van der Waals surface area contributed by atoms with Gasteiger partial charge in [-0.15, -0.1) is 0 Å². The summed E-state index contributed by atoms with van der Waals surface area (Å²) >= 11 is 0. The lowest BCUT2D eigenvalue weighted by molar-refractivity contribution is 0.136. The molecule has 0 bridgehead atoms. The Labute approximate surface area is 125 Å². The van der Waals surface area contributed by atoms with Crippen molar-refractivity contribution in [3.8, 4) is 0 Å². The van der Waals surface area contributed by atoms with Gasteiger partial charge < -0.3 is 4.74 Å². The molecule has 2 aromatic rings. The van der Waals surface area contributed by atoms with Gasteiger partial charge in [0.05, 0.1) is 23.1 Å².